The third-order valence-electron chi connectivity index (χ3n) is 4.11. The maximum Gasteiger partial charge on any atom is 0.339 e. The van der Waals surface area contributed by atoms with Gasteiger partial charge in [-0.15, -0.1) is 0 Å². The number of hydrogen-bond donors (Lipinski definition) is 1. The molecule has 0 aromatic heterocycles. The van der Waals surface area contributed by atoms with Gasteiger partial charge in [0.25, 0.3) is 0 Å². The van der Waals surface area contributed by atoms with Crippen molar-refractivity contribution in [1.29, 1.82) is 0 Å². The second kappa shape index (κ2) is 7.90. The van der Waals surface area contributed by atoms with Crippen LogP contribution >= 0.6 is 0 Å². The Balaban J connectivity index is 2.10. The van der Waals surface area contributed by atoms with Crippen LogP contribution in [-0.4, -0.2) is 42.4 Å². The van der Waals surface area contributed by atoms with Gasteiger partial charge < -0.3 is 15.0 Å². The third kappa shape index (κ3) is 4.31. The monoisotopic (exact) mass is 336 g/mol. The van der Waals surface area contributed by atoms with Gasteiger partial charge in [-0.25, -0.2) is 9.18 Å². The Kier molecular flexibility index (Phi) is 5.89. The number of nitrogens with zero attached hydrogens (tertiary/aromatic N) is 1. The van der Waals surface area contributed by atoms with Gasteiger partial charge in [-0.05, 0) is 37.5 Å². The number of benzene rings is 1. The number of carbonyl (C=O) groups excluding carboxylic acids is 3. The Hall–Kier alpha value is -2.44. The normalized spacial score (nSPS) is 17.3. The highest BCUT2D eigenvalue weighted by Gasteiger charge is 2.27. The van der Waals surface area contributed by atoms with E-state index in [1.807, 2.05) is 0 Å². The van der Waals surface area contributed by atoms with Crippen molar-refractivity contribution >= 4 is 23.5 Å². The molecule has 1 saturated heterocycles. The summed E-state index contributed by atoms with van der Waals surface area (Å²) in [6.07, 6.45) is 2.74. The fraction of sp³-hybridized carbons (Fsp3) is 0.471. The summed E-state index contributed by atoms with van der Waals surface area (Å²) in [5, 5.41) is 2.56. The smallest absolute Gasteiger partial charge is 0.339 e. The number of methoxy groups -OCH3 is 1. The molecule has 1 unspecified atom stereocenters. The van der Waals surface area contributed by atoms with E-state index in [2.05, 4.69) is 10.1 Å². The van der Waals surface area contributed by atoms with Gasteiger partial charge in [0.1, 0.15) is 5.82 Å². The minimum absolute atomic E-state index is 0.0616. The van der Waals surface area contributed by atoms with Crippen LogP contribution in [0.15, 0.2) is 18.2 Å². The Morgan fingerprint density at radius 1 is 1.33 bits per heavy atom. The highest BCUT2D eigenvalue weighted by Crippen LogP contribution is 2.22. The Morgan fingerprint density at radius 3 is 2.75 bits per heavy atom. The zero-order chi connectivity index (χ0) is 17.7. The number of esters is 1. The first-order valence-corrected chi connectivity index (χ1v) is 7.87. The summed E-state index contributed by atoms with van der Waals surface area (Å²) in [6, 6.07) is 3.29. The molecule has 1 atom stereocenters. The van der Waals surface area contributed by atoms with Crippen LogP contribution in [0.25, 0.3) is 0 Å². The van der Waals surface area contributed by atoms with Crippen LogP contribution in [0.5, 0.6) is 0 Å². The summed E-state index contributed by atoms with van der Waals surface area (Å²) in [7, 11) is 1.21. The van der Waals surface area contributed by atoms with Gasteiger partial charge in [0.15, 0.2) is 0 Å². The van der Waals surface area contributed by atoms with Crippen LogP contribution in [-0.2, 0) is 14.3 Å². The molecular formula is C17H21FN2O4. The van der Waals surface area contributed by atoms with Crippen molar-refractivity contribution in [3.05, 3.63) is 29.6 Å². The molecule has 0 bridgehead atoms. The number of carbonyl (C=O) groups is 3. The van der Waals surface area contributed by atoms with E-state index in [-0.39, 0.29) is 35.5 Å². The van der Waals surface area contributed by atoms with Gasteiger partial charge in [0, 0.05) is 25.9 Å². The number of piperidine rings is 1. The number of amides is 2. The molecule has 0 saturated carbocycles. The van der Waals surface area contributed by atoms with E-state index < -0.39 is 11.8 Å². The molecule has 2 amide bonds. The van der Waals surface area contributed by atoms with E-state index in [1.165, 1.54) is 20.1 Å². The maximum atomic E-state index is 13.4. The van der Waals surface area contributed by atoms with Crippen LogP contribution in [0.1, 0.15) is 43.0 Å². The molecule has 1 aromatic carbocycles. The fourth-order valence-corrected chi connectivity index (χ4v) is 2.95. The number of halogens is 1. The van der Waals surface area contributed by atoms with E-state index >= 15 is 0 Å². The van der Waals surface area contributed by atoms with Crippen LogP contribution < -0.4 is 5.32 Å². The number of rotatable bonds is 4. The lowest BCUT2D eigenvalue weighted by atomic mass is 9.99. The van der Waals surface area contributed by atoms with Crippen LogP contribution in [0, 0.1) is 5.82 Å². The number of anilines is 1. The molecule has 130 valence electrons. The summed E-state index contributed by atoms with van der Waals surface area (Å²) < 4.78 is 18.1. The average molecular weight is 336 g/mol. The molecular weight excluding hydrogens is 315 g/mol. The SMILES string of the molecule is COC(=O)c1ccc(F)cc1NC(=O)CC1CCCCN1C(C)=O. The van der Waals surface area contributed by atoms with Gasteiger partial charge in [0.2, 0.25) is 11.8 Å². The highest BCUT2D eigenvalue weighted by atomic mass is 19.1. The molecule has 1 aliphatic rings. The lowest BCUT2D eigenvalue weighted by Gasteiger charge is -2.34. The number of nitrogens with one attached hydrogen (secondary N) is 1. The van der Waals surface area contributed by atoms with Gasteiger partial charge in [-0.2, -0.15) is 0 Å². The van der Waals surface area contributed by atoms with Gasteiger partial charge in [-0.1, -0.05) is 0 Å². The highest BCUT2D eigenvalue weighted by molar-refractivity contribution is 6.01. The van der Waals surface area contributed by atoms with E-state index in [0.717, 1.165) is 31.4 Å². The molecule has 6 nitrogen and oxygen atoms in total. The van der Waals surface area contributed by atoms with Crippen LogP contribution in [0.3, 0.4) is 0 Å². The zero-order valence-corrected chi connectivity index (χ0v) is 13.8. The first-order chi connectivity index (χ1) is 11.4. The molecule has 1 fully saturated rings. The first kappa shape index (κ1) is 17.9. The molecule has 0 aliphatic carbocycles. The largest absolute Gasteiger partial charge is 0.465 e. The van der Waals surface area contributed by atoms with E-state index in [9.17, 15) is 18.8 Å². The molecule has 2 rings (SSSR count). The zero-order valence-electron chi connectivity index (χ0n) is 13.8. The summed E-state index contributed by atoms with van der Waals surface area (Å²) in [5.74, 6) is -1.66. The minimum Gasteiger partial charge on any atom is -0.465 e. The van der Waals surface area contributed by atoms with E-state index in [4.69, 9.17) is 0 Å². The molecule has 1 aromatic rings. The Morgan fingerprint density at radius 2 is 2.08 bits per heavy atom. The van der Waals surface area contributed by atoms with Crippen LogP contribution in [0.4, 0.5) is 10.1 Å². The summed E-state index contributed by atoms with van der Waals surface area (Å²) in [4.78, 5) is 37.4. The first-order valence-electron chi connectivity index (χ1n) is 7.87. The fourth-order valence-electron chi connectivity index (χ4n) is 2.95. The maximum absolute atomic E-state index is 13.4. The second-order valence-electron chi connectivity index (χ2n) is 5.80. The molecule has 24 heavy (non-hydrogen) atoms. The van der Waals surface area contributed by atoms with Gasteiger partial charge >= 0.3 is 5.97 Å². The predicted molar refractivity (Wildman–Crippen MR) is 86.0 cm³/mol. The lowest BCUT2D eigenvalue weighted by molar-refractivity contribution is -0.133. The number of likely N-dealkylation sites (tertiary alicyclic amines) is 1. The molecule has 1 aliphatic heterocycles. The second-order valence-corrected chi connectivity index (χ2v) is 5.80. The Bertz CT molecular complexity index is 647. The minimum atomic E-state index is -0.659. The standard InChI is InChI=1S/C17H21FN2O4/c1-11(21)20-8-4-3-5-13(20)10-16(22)19-15-9-12(18)6-7-14(15)17(23)24-2/h6-7,9,13H,3-5,8,10H2,1-2H3,(H,19,22). The third-order valence-corrected chi connectivity index (χ3v) is 4.11. The molecule has 1 N–H and O–H groups in total. The topological polar surface area (TPSA) is 75.7 Å². The molecule has 1 heterocycles. The lowest BCUT2D eigenvalue weighted by Crippen LogP contribution is -2.44. The quantitative estimate of drug-likeness (QED) is 0.856. The van der Waals surface area contributed by atoms with E-state index in [0.29, 0.717) is 6.54 Å². The Labute approximate surface area is 140 Å². The number of hydrogen-bond acceptors (Lipinski definition) is 4. The van der Waals surface area contributed by atoms with Crippen molar-refractivity contribution in [2.75, 3.05) is 19.0 Å². The average Bonchev–Trinajstić information content (AvgIpc) is 2.54. The van der Waals surface area contributed by atoms with Crippen LogP contribution in [0.2, 0.25) is 0 Å². The van der Waals surface area contributed by atoms with Crippen molar-refractivity contribution in [2.24, 2.45) is 0 Å². The predicted octanol–water partition coefficient (Wildman–Crippen LogP) is 2.34. The molecule has 0 spiro atoms. The van der Waals surface area contributed by atoms with Crippen molar-refractivity contribution in [3.8, 4) is 0 Å². The van der Waals surface area contributed by atoms with Gasteiger partial charge in [-0.3, -0.25) is 9.59 Å². The number of ether oxygens (including phenoxy) is 1. The van der Waals surface area contributed by atoms with Gasteiger partial charge in [0.05, 0.1) is 18.4 Å². The molecule has 0 radical (unpaired) electrons. The van der Waals surface area contributed by atoms with Crippen molar-refractivity contribution in [2.45, 2.75) is 38.6 Å². The summed E-state index contributed by atoms with van der Waals surface area (Å²) in [6.45, 7) is 2.12. The van der Waals surface area contributed by atoms with Crippen molar-refractivity contribution < 1.29 is 23.5 Å². The molecule has 7 heteroatoms. The van der Waals surface area contributed by atoms with Crippen molar-refractivity contribution in [1.82, 2.24) is 4.90 Å². The van der Waals surface area contributed by atoms with E-state index in [1.54, 1.807) is 4.90 Å². The summed E-state index contributed by atoms with van der Waals surface area (Å²) in [5.41, 5.74) is 0.149. The summed E-state index contributed by atoms with van der Waals surface area (Å²) >= 11 is 0. The van der Waals surface area contributed by atoms with Crippen molar-refractivity contribution in [3.63, 3.8) is 0 Å².